The third-order valence-electron chi connectivity index (χ3n) is 7.94. The lowest BCUT2D eigenvalue weighted by Gasteiger charge is -2.30. The zero-order valence-corrected chi connectivity index (χ0v) is 22.7. The lowest BCUT2D eigenvalue weighted by molar-refractivity contribution is 0.0793. The van der Waals surface area contributed by atoms with E-state index in [2.05, 4.69) is 16.0 Å². The lowest BCUT2D eigenvalue weighted by Crippen LogP contribution is -2.35. The van der Waals surface area contributed by atoms with E-state index in [0.29, 0.717) is 28.4 Å². The highest BCUT2D eigenvalue weighted by atomic mass is 35.5. The fraction of sp³-hybridized carbons (Fsp3) is 0.273. The molecule has 40 heavy (non-hydrogen) atoms. The van der Waals surface area contributed by atoms with Gasteiger partial charge in [-0.3, -0.25) is 9.88 Å². The van der Waals surface area contributed by atoms with Crippen molar-refractivity contribution >= 4 is 11.6 Å². The predicted molar refractivity (Wildman–Crippen MR) is 153 cm³/mol. The van der Waals surface area contributed by atoms with Gasteiger partial charge in [0.15, 0.2) is 0 Å². The maximum absolute atomic E-state index is 14.6. The number of fused-ring (bicyclic) bond motifs is 1. The first-order valence-corrected chi connectivity index (χ1v) is 14.0. The average Bonchev–Trinajstić information content (AvgIpc) is 3.39. The van der Waals surface area contributed by atoms with Crippen LogP contribution in [0.4, 0.5) is 4.39 Å². The van der Waals surface area contributed by atoms with Crippen molar-refractivity contribution < 1.29 is 14.2 Å². The molecule has 0 radical (unpaired) electrons. The zero-order chi connectivity index (χ0) is 27.6. The number of benzene rings is 3. The summed E-state index contributed by atoms with van der Waals surface area (Å²) in [6.07, 6.45) is 5.85. The molecule has 1 aromatic heterocycles. The number of hydrogen-bond donors (Lipinski definition) is 1. The molecule has 6 rings (SSSR count). The Hall–Kier alpha value is -3.76. The third kappa shape index (κ3) is 5.33. The van der Waals surface area contributed by atoms with E-state index in [1.54, 1.807) is 18.5 Å². The molecule has 0 saturated carbocycles. The van der Waals surface area contributed by atoms with Gasteiger partial charge in [-0.15, -0.1) is 0 Å². The third-order valence-corrected chi connectivity index (χ3v) is 8.23. The van der Waals surface area contributed by atoms with Crippen molar-refractivity contribution in [2.45, 2.75) is 44.4 Å². The van der Waals surface area contributed by atoms with Crippen molar-refractivity contribution in [3.63, 3.8) is 0 Å². The Morgan fingerprint density at radius 3 is 2.60 bits per heavy atom. The minimum Gasteiger partial charge on any atom is -0.484 e. The Morgan fingerprint density at radius 1 is 1.00 bits per heavy atom. The Bertz CT molecular complexity index is 1590. The van der Waals surface area contributed by atoms with Gasteiger partial charge in [0, 0.05) is 43.2 Å². The summed E-state index contributed by atoms with van der Waals surface area (Å²) in [6, 6.07) is 20.7. The number of hydrogen-bond acceptors (Lipinski definition) is 5. The largest absolute Gasteiger partial charge is 0.484 e. The maximum atomic E-state index is 14.6. The summed E-state index contributed by atoms with van der Waals surface area (Å²) in [7, 11) is 0. The van der Waals surface area contributed by atoms with Gasteiger partial charge in [-0.25, -0.2) is 4.39 Å². The summed E-state index contributed by atoms with van der Waals surface area (Å²) < 4.78 is 21.2. The number of aliphatic hydroxyl groups excluding tert-OH is 1. The van der Waals surface area contributed by atoms with Gasteiger partial charge in [0.05, 0.1) is 16.7 Å². The standard InChI is InChI=1S/C33H29ClFN3O2/c34-30-15-23(20-38-12-10-24(39)11-13-38)29(22-14-21(17-36)18-37-19-22)16-33(30)40-32-9-8-26-25(5-3-6-28(26)32)27-4-1-2-7-31(27)35/h1-7,14-16,18-19,24,32,39H,8-13,20H2/t32-/m0/s1. The predicted octanol–water partition coefficient (Wildman–Crippen LogP) is 7.10. The van der Waals surface area contributed by atoms with Gasteiger partial charge in [0.2, 0.25) is 0 Å². The smallest absolute Gasteiger partial charge is 0.139 e. The van der Waals surface area contributed by atoms with E-state index < -0.39 is 0 Å². The molecular weight excluding hydrogens is 525 g/mol. The van der Waals surface area contributed by atoms with Crippen molar-refractivity contribution in [2.75, 3.05) is 13.1 Å². The molecule has 3 aromatic carbocycles. The number of nitrogens with zero attached hydrogens (tertiary/aromatic N) is 3. The van der Waals surface area contributed by atoms with E-state index in [4.69, 9.17) is 16.3 Å². The minimum absolute atomic E-state index is 0.218. The lowest BCUT2D eigenvalue weighted by atomic mass is 9.96. The zero-order valence-electron chi connectivity index (χ0n) is 22.0. The molecule has 2 heterocycles. The molecule has 1 aliphatic heterocycles. The van der Waals surface area contributed by atoms with E-state index in [-0.39, 0.29) is 18.0 Å². The van der Waals surface area contributed by atoms with Crippen LogP contribution in [-0.2, 0) is 13.0 Å². The molecule has 1 N–H and O–H groups in total. The van der Waals surface area contributed by atoms with E-state index >= 15 is 0 Å². The Balaban J connectivity index is 1.35. The summed E-state index contributed by atoms with van der Waals surface area (Å²) in [5, 5.41) is 19.9. The summed E-state index contributed by atoms with van der Waals surface area (Å²) in [6.45, 7) is 2.27. The van der Waals surface area contributed by atoms with Crippen LogP contribution >= 0.6 is 11.6 Å². The number of ether oxygens (including phenoxy) is 1. The van der Waals surface area contributed by atoms with E-state index in [0.717, 1.165) is 72.2 Å². The second-order valence-electron chi connectivity index (χ2n) is 10.5. The highest BCUT2D eigenvalue weighted by molar-refractivity contribution is 6.32. The Labute approximate surface area is 238 Å². The maximum Gasteiger partial charge on any atom is 0.139 e. The van der Waals surface area contributed by atoms with Gasteiger partial charge in [0.1, 0.15) is 23.7 Å². The van der Waals surface area contributed by atoms with Crippen molar-refractivity contribution in [1.29, 1.82) is 5.26 Å². The summed E-state index contributed by atoms with van der Waals surface area (Å²) >= 11 is 6.84. The van der Waals surface area contributed by atoms with Crippen molar-refractivity contribution in [3.05, 3.63) is 106 Å². The van der Waals surface area contributed by atoms with Gasteiger partial charge in [0.25, 0.3) is 0 Å². The van der Waals surface area contributed by atoms with E-state index in [1.807, 2.05) is 48.5 Å². The van der Waals surface area contributed by atoms with Crippen LogP contribution in [0.2, 0.25) is 5.02 Å². The number of rotatable bonds is 6. The van der Waals surface area contributed by atoms with Crippen LogP contribution in [0.3, 0.4) is 0 Å². The molecular formula is C33H29ClFN3O2. The first-order chi connectivity index (χ1) is 19.5. The number of pyridine rings is 1. The number of halogens is 2. The Kier molecular flexibility index (Phi) is 7.53. The average molecular weight is 554 g/mol. The van der Waals surface area contributed by atoms with Gasteiger partial charge in [-0.1, -0.05) is 48.0 Å². The molecule has 7 heteroatoms. The topological polar surface area (TPSA) is 69.4 Å². The second-order valence-corrected chi connectivity index (χ2v) is 10.9. The van der Waals surface area contributed by atoms with Crippen LogP contribution in [0.5, 0.6) is 5.75 Å². The van der Waals surface area contributed by atoms with Gasteiger partial charge in [-0.2, -0.15) is 5.26 Å². The molecule has 1 aliphatic carbocycles. The molecule has 202 valence electrons. The molecule has 1 fully saturated rings. The number of nitriles is 1. The highest BCUT2D eigenvalue weighted by Crippen LogP contribution is 2.43. The number of aromatic nitrogens is 1. The quantitative estimate of drug-likeness (QED) is 0.276. The number of piperidine rings is 1. The van der Waals surface area contributed by atoms with Gasteiger partial charge in [-0.05, 0) is 77.8 Å². The molecule has 2 aliphatic rings. The minimum atomic E-state index is -0.250. The van der Waals surface area contributed by atoms with E-state index in [9.17, 15) is 14.8 Å². The number of aliphatic hydroxyl groups is 1. The van der Waals surface area contributed by atoms with Crippen molar-refractivity contribution in [2.24, 2.45) is 0 Å². The first kappa shape index (κ1) is 26.5. The summed E-state index contributed by atoms with van der Waals surface area (Å²) in [5.41, 5.74) is 6.86. The summed E-state index contributed by atoms with van der Waals surface area (Å²) in [4.78, 5) is 6.59. The monoisotopic (exact) mass is 553 g/mol. The molecule has 0 bridgehead atoms. The van der Waals surface area contributed by atoms with Crippen LogP contribution < -0.4 is 4.74 Å². The summed E-state index contributed by atoms with van der Waals surface area (Å²) in [5.74, 6) is 0.325. The van der Waals surface area contributed by atoms with Crippen LogP contribution in [0.25, 0.3) is 22.3 Å². The molecule has 5 nitrogen and oxygen atoms in total. The van der Waals surface area contributed by atoms with Crippen molar-refractivity contribution in [1.82, 2.24) is 9.88 Å². The number of likely N-dealkylation sites (tertiary alicyclic amines) is 1. The first-order valence-electron chi connectivity index (χ1n) is 13.6. The van der Waals surface area contributed by atoms with Crippen LogP contribution in [0.15, 0.2) is 73.1 Å². The van der Waals surface area contributed by atoms with Crippen LogP contribution in [0.1, 0.15) is 47.6 Å². The highest BCUT2D eigenvalue weighted by Gasteiger charge is 2.28. The normalized spacial score (nSPS) is 17.4. The van der Waals surface area contributed by atoms with Crippen molar-refractivity contribution in [3.8, 4) is 34.1 Å². The fourth-order valence-corrected chi connectivity index (χ4v) is 6.11. The molecule has 0 unspecified atom stereocenters. The second kappa shape index (κ2) is 11.4. The van der Waals surface area contributed by atoms with Gasteiger partial charge < -0.3 is 9.84 Å². The molecule has 0 spiro atoms. The van der Waals surface area contributed by atoms with Crippen LogP contribution in [-0.4, -0.2) is 34.2 Å². The molecule has 4 aromatic rings. The van der Waals surface area contributed by atoms with Gasteiger partial charge >= 0.3 is 0 Å². The van der Waals surface area contributed by atoms with Crippen LogP contribution in [0, 0.1) is 17.1 Å². The fourth-order valence-electron chi connectivity index (χ4n) is 5.88. The van der Waals surface area contributed by atoms with E-state index in [1.165, 1.54) is 6.07 Å². The molecule has 0 amide bonds. The SMILES string of the molecule is N#Cc1cncc(-c2cc(O[C@H]3CCc4c(-c5ccccc5F)cccc43)c(Cl)cc2CN2CCC(O)CC2)c1. The Morgan fingerprint density at radius 2 is 1.80 bits per heavy atom. The molecule has 1 atom stereocenters. The molecule has 1 saturated heterocycles.